The maximum absolute atomic E-state index is 2.42. The van der Waals surface area contributed by atoms with E-state index >= 15 is 0 Å². The highest BCUT2D eigenvalue weighted by Crippen LogP contribution is 2.40. The van der Waals surface area contributed by atoms with Gasteiger partial charge in [-0.25, -0.2) is 0 Å². The van der Waals surface area contributed by atoms with Crippen LogP contribution in [-0.2, 0) is 0 Å². The Labute approximate surface area is 159 Å². The third kappa shape index (κ3) is 2.39. The van der Waals surface area contributed by atoms with Crippen molar-refractivity contribution in [1.82, 2.24) is 4.57 Å². The van der Waals surface area contributed by atoms with Crippen LogP contribution in [0.1, 0.15) is 11.1 Å². The van der Waals surface area contributed by atoms with Crippen LogP contribution >= 0.6 is 0 Å². The van der Waals surface area contributed by atoms with Crippen molar-refractivity contribution in [2.24, 2.45) is 0 Å². The van der Waals surface area contributed by atoms with Crippen LogP contribution in [0.15, 0.2) is 91.0 Å². The summed E-state index contributed by atoms with van der Waals surface area (Å²) in [7, 11) is 0. The molecule has 0 saturated heterocycles. The lowest BCUT2D eigenvalue weighted by atomic mass is 9.94. The van der Waals surface area contributed by atoms with Gasteiger partial charge in [0, 0.05) is 22.0 Å². The molecule has 0 spiro atoms. The number of rotatable bonds is 2. The van der Waals surface area contributed by atoms with Gasteiger partial charge in [0.15, 0.2) is 0 Å². The monoisotopic (exact) mass is 347 g/mol. The van der Waals surface area contributed by atoms with Crippen molar-refractivity contribution in [3.8, 4) is 16.8 Å². The Hall–Kier alpha value is -3.32. The molecule has 0 aliphatic rings. The summed E-state index contributed by atoms with van der Waals surface area (Å²) in [5.74, 6) is 0. The van der Waals surface area contributed by atoms with E-state index in [1.54, 1.807) is 0 Å². The van der Waals surface area contributed by atoms with Crippen molar-refractivity contribution >= 4 is 21.8 Å². The molecule has 0 atom stereocenters. The van der Waals surface area contributed by atoms with Gasteiger partial charge in [-0.3, -0.25) is 0 Å². The number of hydrogen-bond donors (Lipinski definition) is 0. The zero-order valence-corrected chi connectivity index (χ0v) is 15.6. The van der Waals surface area contributed by atoms with Gasteiger partial charge in [0.2, 0.25) is 0 Å². The van der Waals surface area contributed by atoms with Gasteiger partial charge < -0.3 is 4.57 Å². The van der Waals surface area contributed by atoms with Crippen molar-refractivity contribution in [1.29, 1.82) is 0 Å². The molecule has 0 aliphatic heterocycles. The molecule has 0 aliphatic carbocycles. The fraction of sp³-hybridized carbons (Fsp3) is 0.0769. The quantitative estimate of drug-likeness (QED) is 0.322. The summed E-state index contributed by atoms with van der Waals surface area (Å²) in [5.41, 5.74) is 8.97. The average Bonchev–Trinajstić information content (AvgIpc) is 3.04. The average molecular weight is 347 g/mol. The Morgan fingerprint density at radius 2 is 1.26 bits per heavy atom. The van der Waals surface area contributed by atoms with E-state index in [1.165, 1.54) is 49.7 Å². The van der Waals surface area contributed by atoms with E-state index in [0.717, 1.165) is 0 Å². The molecule has 27 heavy (non-hydrogen) atoms. The van der Waals surface area contributed by atoms with Crippen LogP contribution in [0, 0.1) is 13.8 Å². The Bertz CT molecular complexity index is 1280. The molecule has 0 unspecified atom stereocenters. The molecule has 0 bridgehead atoms. The lowest BCUT2D eigenvalue weighted by molar-refractivity contribution is 1.18. The Balaban J connectivity index is 2.04. The molecular formula is C26H21N. The van der Waals surface area contributed by atoms with Crippen LogP contribution < -0.4 is 0 Å². The molecule has 0 fully saturated rings. The van der Waals surface area contributed by atoms with Gasteiger partial charge in [-0.15, -0.1) is 0 Å². The number of nitrogens with zero attached hydrogens (tertiary/aromatic N) is 1. The first-order valence-electron chi connectivity index (χ1n) is 9.40. The number of benzene rings is 4. The number of aromatic nitrogens is 1. The van der Waals surface area contributed by atoms with Gasteiger partial charge in [-0.1, -0.05) is 72.8 Å². The van der Waals surface area contributed by atoms with E-state index in [1.807, 2.05) is 0 Å². The molecule has 1 heteroatoms. The predicted molar refractivity (Wildman–Crippen MR) is 116 cm³/mol. The first-order valence-corrected chi connectivity index (χ1v) is 9.40. The summed E-state index contributed by atoms with van der Waals surface area (Å²) in [6.07, 6.45) is 0. The maximum Gasteiger partial charge on any atom is 0.0622 e. The van der Waals surface area contributed by atoms with Crippen molar-refractivity contribution in [2.45, 2.75) is 13.8 Å². The molecule has 1 heterocycles. The van der Waals surface area contributed by atoms with Crippen LogP contribution in [0.4, 0.5) is 0 Å². The number of aryl methyl sites for hydroxylation is 2. The lowest BCUT2D eigenvalue weighted by Crippen LogP contribution is -1.97. The molecule has 5 aromatic rings. The Morgan fingerprint density at radius 1 is 0.556 bits per heavy atom. The normalized spacial score (nSPS) is 11.3. The van der Waals surface area contributed by atoms with Crippen LogP contribution in [-0.4, -0.2) is 4.57 Å². The summed E-state index contributed by atoms with van der Waals surface area (Å²) >= 11 is 0. The smallest absolute Gasteiger partial charge is 0.0622 e. The molecule has 1 nitrogen and oxygen atoms in total. The number of para-hydroxylation sites is 2. The van der Waals surface area contributed by atoms with Crippen LogP contribution in [0.5, 0.6) is 0 Å². The Morgan fingerprint density at radius 3 is 2.07 bits per heavy atom. The summed E-state index contributed by atoms with van der Waals surface area (Å²) in [4.78, 5) is 0. The molecule has 0 amide bonds. The van der Waals surface area contributed by atoms with Gasteiger partial charge in [-0.2, -0.15) is 0 Å². The summed E-state index contributed by atoms with van der Waals surface area (Å²) in [6.45, 7) is 4.41. The molecule has 1 aromatic heterocycles. The van der Waals surface area contributed by atoms with E-state index in [0.29, 0.717) is 0 Å². The third-order valence-electron chi connectivity index (χ3n) is 5.47. The van der Waals surface area contributed by atoms with E-state index in [9.17, 15) is 0 Å². The van der Waals surface area contributed by atoms with Crippen LogP contribution in [0.2, 0.25) is 0 Å². The molecule has 4 aromatic carbocycles. The minimum atomic E-state index is 1.20. The second kappa shape index (κ2) is 6.14. The highest BCUT2D eigenvalue weighted by molar-refractivity contribution is 6.14. The minimum Gasteiger partial charge on any atom is -0.309 e. The number of hydrogen-bond acceptors (Lipinski definition) is 0. The van der Waals surface area contributed by atoms with Crippen LogP contribution in [0.3, 0.4) is 0 Å². The van der Waals surface area contributed by atoms with Gasteiger partial charge >= 0.3 is 0 Å². The van der Waals surface area contributed by atoms with Crippen molar-refractivity contribution in [3.05, 3.63) is 102 Å². The largest absolute Gasteiger partial charge is 0.309 e. The van der Waals surface area contributed by atoms with Gasteiger partial charge in [0.25, 0.3) is 0 Å². The zero-order chi connectivity index (χ0) is 18.4. The van der Waals surface area contributed by atoms with E-state index in [4.69, 9.17) is 0 Å². The zero-order valence-electron chi connectivity index (χ0n) is 15.6. The summed E-state index contributed by atoms with van der Waals surface area (Å²) < 4.78 is 2.42. The predicted octanol–water partition coefficient (Wildman–Crippen LogP) is 7.07. The topological polar surface area (TPSA) is 4.93 Å². The van der Waals surface area contributed by atoms with Crippen molar-refractivity contribution < 1.29 is 0 Å². The van der Waals surface area contributed by atoms with Crippen LogP contribution in [0.25, 0.3) is 38.6 Å². The van der Waals surface area contributed by atoms with Crippen molar-refractivity contribution in [3.63, 3.8) is 0 Å². The van der Waals surface area contributed by atoms with Gasteiger partial charge in [-0.05, 0) is 48.7 Å². The summed E-state index contributed by atoms with van der Waals surface area (Å²) in [6, 6.07) is 32.6. The fourth-order valence-corrected chi connectivity index (χ4v) is 4.20. The maximum atomic E-state index is 2.42. The van der Waals surface area contributed by atoms with Crippen molar-refractivity contribution in [2.75, 3.05) is 0 Å². The highest BCUT2D eigenvalue weighted by Gasteiger charge is 2.18. The molecule has 5 rings (SSSR count). The van der Waals surface area contributed by atoms with E-state index < -0.39 is 0 Å². The standard InChI is InChI=1S/C26H21N/c1-18-10-6-7-13-21(18)25-19(2)16-17-23-22-14-8-9-15-24(22)27(26(23)25)20-11-4-3-5-12-20/h3-17H,1-2H3. The van der Waals surface area contributed by atoms with E-state index in [-0.39, 0.29) is 0 Å². The molecule has 0 saturated carbocycles. The molecule has 0 radical (unpaired) electrons. The summed E-state index contributed by atoms with van der Waals surface area (Å²) in [5, 5.41) is 2.60. The lowest BCUT2D eigenvalue weighted by Gasteiger charge is -2.15. The minimum absolute atomic E-state index is 1.20. The molecular weight excluding hydrogens is 326 g/mol. The first-order chi connectivity index (χ1) is 13.3. The highest BCUT2D eigenvalue weighted by atomic mass is 15.0. The SMILES string of the molecule is Cc1ccccc1-c1c(C)ccc2c3ccccc3n(-c3ccccc3)c12. The second-order valence-corrected chi connectivity index (χ2v) is 7.16. The molecule has 0 N–H and O–H groups in total. The van der Waals surface area contributed by atoms with Gasteiger partial charge in [0.05, 0.1) is 11.0 Å². The third-order valence-corrected chi connectivity index (χ3v) is 5.47. The Kier molecular flexibility index (Phi) is 3.61. The molecule has 130 valence electrons. The first kappa shape index (κ1) is 15.9. The van der Waals surface area contributed by atoms with E-state index in [2.05, 4.69) is 109 Å². The fourth-order valence-electron chi connectivity index (χ4n) is 4.20. The number of fused-ring (bicyclic) bond motifs is 3. The second-order valence-electron chi connectivity index (χ2n) is 7.16. The van der Waals surface area contributed by atoms with Gasteiger partial charge in [0.1, 0.15) is 0 Å².